The lowest BCUT2D eigenvalue weighted by Gasteiger charge is -2.26. The van der Waals surface area contributed by atoms with Crippen molar-refractivity contribution < 1.29 is 9.53 Å². The van der Waals surface area contributed by atoms with E-state index in [0.717, 1.165) is 0 Å². The largest absolute Gasteiger partial charge is 0.378 e. The average molecular weight is 549 g/mol. The van der Waals surface area contributed by atoms with E-state index in [9.17, 15) is 14.9 Å². The number of aromatic nitrogens is 4. The molecule has 41 heavy (non-hydrogen) atoms. The highest BCUT2D eigenvalue weighted by Gasteiger charge is 2.21. The Kier molecular flexibility index (Phi) is 8.18. The summed E-state index contributed by atoms with van der Waals surface area (Å²) < 4.78 is 6.84. The zero-order valence-corrected chi connectivity index (χ0v) is 22.5. The van der Waals surface area contributed by atoms with Crippen molar-refractivity contribution in [2.45, 2.75) is 25.8 Å². The summed E-state index contributed by atoms with van der Waals surface area (Å²) in [6, 6.07) is 16.0. The molecular formula is C30H28N8O3. The number of fused-ring (bicyclic) bond motifs is 1. The second-order valence-corrected chi connectivity index (χ2v) is 9.41. The molecule has 2 aromatic carbocycles. The Morgan fingerprint density at radius 1 is 1.12 bits per heavy atom. The summed E-state index contributed by atoms with van der Waals surface area (Å²) in [6.07, 6.45) is 2.01. The summed E-state index contributed by atoms with van der Waals surface area (Å²) in [5.41, 5.74) is 7.31. The van der Waals surface area contributed by atoms with E-state index in [0.29, 0.717) is 67.1 Å². The van der Waals surface area contributed by atoms with Crippen molar-refractivity contribution in [1.29, 1.82) is 5.26 Å². The highest BCUT2D eigenvalue weighted by atomic mass is 16.5. The third-order valence-electron chi connectivity index (χ3n) is 6.66. The van der Waals surface area contributed by atoms with Crippen LogP contribution in [0.3, 0.4) is 0 Å². The van der Waals surface area contributed by atoms with Crippen LogP contribution in [0.1, 0.15) is 42.8 Å². The Labute approximate surface area is 236 Å². The number of carbonyl (C=O) groups is 1. The Bertz CT molecular complexity index is 1750. The number of anilines is 2. The number of nitrogens with one attached hydrogen (secondary N) is 1. The fourth-order valence-electron chi connectivity index (χ4n) is 4.62. The molecular weight excluding hydrogens is 520 g/mol. The molecule has 1 fully saturated rings. The normalized spacial score (nSPS) is 13.6. The van der Waals surface area contributed by atoms with Gasteiger partial charge < -0.3 is 20.7 Å². The van der Waals surface area contributed by atoms with Crippen molar-refractivity contribution in [1.82, 2.24) is 24.4 Å². The molecule has 0 radical (unpaired) electrons. The summed E-state index contributed by atoms with van der Waals surface area (Å²) >= 11 is 0. The highest BCUT2D eigenvalue weighted by Crippen LogP contribution is 2.24. The average Bonchev–Trinajstić information content (AvgIpc) is 3.00. The zero-order valence-electron chi connectivity index (χ0n) is 22.5. The third-order valence-corrected chi connectivity index (χ3v) is 6.66. The van der Waals surface area contributed by atoms with Gasteiger partial charge in [0.1, 0.15) is 23.3 Å². The number of amides is 1. The van der Waals surface area contributed by atoms with Crippen LogP contribution in [0.4, 0.5) is 11.8 Å². The van der Waals surface area contributed by atoms with E-state index >= 15 is 0 Å². The number of hydrogen-bond donors (Lipinski definition) is 2. The van der Waals surface area contributed by atoms with Crippen LogP contribution >= 0.6 is 0 Å². The van der Waals surface area contributed by atoms with Gasteiger partial charge in [-0.1, -0.05) is 36.1 Å². The number of nitrogens with two attached hydrogens (primary N) is 1. The van der Waals surface area contributed by atoms with Gasteiger partial charge in [-0.05, 0) is 31.2 Å². The molecule has 1 saturated heterocycles. The van der Waals surface area contributed by atoms with Crippen molar-refractivity contribution >= 4 is 28.6 Å². The predicted octanol–water partition coefficient (Wildman–Crippen LogP) is 2.79. The van der Waals surface area contributed by atoms with E-state index in [1.165, 1.54) is 10.8 Å². The summed E-state index contributed by atoms with van der Waals surface area (Å²) in [4.78, 5) is 41.3. The van der Waals surface area contributed by atoms with Gasteiger partial charge in [-0.25, -0.2) is 9.97 Å². The quantitative estimate of drug-likeness (QED) is 0.346. The monoisotopic (exact) mass is 548 g/mol. The van der Waals surface area contributed by atoms with Gasteiger partial charge in [0.15, 0.2) is 0 Å². The second kappa shape index (κ2) is 12.3. The highest BCUT2D eigenvalue weighted by molar-refractivity contribution is 5.85. The number of carbonyl (C=O) groups excluding carboxylic acids is 1. The van der Waals surface area contributed by atoms with Crippen molar-refractivity contribution in [3.05, 3.63) is 82.0 Å². The summed E-state index contributed by atoms with van der Waals surface area (Å²) in [7, 11) is 0. The Morgan fingerprint density at radius 2 is 1.90 bits per heavy atom. The van der Waals surface area contributed by atoms with Crippen LogP contribution in [0.2, 0.25) is 0 Å². The van der Waals surface area contributed by atoms with E-state index in [1.807, 2.05) is 43.3 Å². The van der Waals surface area contributed by atoms with Crippen molar-refractivity contribution in [3.63, 3.8) is 0 Å². The first kappa shape index (κ1) is 27.3. The second-order valence-electron chi connectivity index (χ2n) is 9.41. The number of hydrogen-bond acceptors (Lipinski definition) is 9. The van der Waals surface area contributed by atoms with Gasteiger partial charge in [0.05, 0.1) is 42.0 Å². The van der Waals surface area contributed by atoms with Crippen LogP contribution in [0, 0.1) is 23.2 Å². The minimum absolute atomic E-state index is 0.0143. The number of nitrogens with zero attached hydrogens (tertiary/aromatic N) is 6. The maximum absolute atomic E-state index is 14.1. The molecule has 1 aliphatic rings. The van der Waals surface area contributed by atoms with Gasteiger partial charge in [-0.2, -0.15) is 10.2 Å². The fourth-order valence-corrected chi connectivity index (χ4v) is 4.62. The lowest BCUT2D eigenvalue weighted by Crippen LogP contribution is -2.40. The zero-order chi connectivity index (χ0) is 28.8. The first-order valence-corrected chi connectivity index (χ1v) is 13.2. The molecule has 11 nitrogen and oxygen atoms in total. The van der Waals surface area contributed by atoms with E-state index < -0.39 is 6.04 Å². The van der Waals surface area contributed by atoms with Gasteiger partial charge in [0.2, 0.25) is 11.9 Å². The van der Waals surface area contributed by atoms with Crippen LogP contribution in [-0.4, -0.2) is 56.6 Å². The fraction of sp³-hybridized carbons (Fsp3) is 0.267. The van der Waals surface area contributed by atoms with Gasteiger partial charge in [0, 0.05) is 31.5 Å². The lowest BCUT2D eigenvalue weighted by molar-refractivity contribution is -0.135. The van der Waals surface area contributed by atoms with Crippen LogP contribution in [-0.2, 0) is 9.53 Å². The van der Waals surface area contributed by atoms with Crippen LogP contribution in [0.5, 0.6) is 0 Å². The molecule has 0 spiro atoms. The molecule has 0 aliphatic carbocycles. The number of ether oxygens (including phenoxy) is 1. The molecule has 4 aromatic rings. The summed E-state index contributed by atoms with van der Waals surface area (Å²) in [5.74, 6) is 6.88. The van der Waals surface area contributed by atoms with E-state index in [2.05, 4.69) is 27.1 Å². The molecule has 3 N–H and O–H groups in total. The molecule has 2 aromatic heterocycles. The molecule has 1 atom stereocenters. The standard InChI is InChI=1S/C30H28N8O3/c1-20(34-27-22(18-31)19-33-30(32)36-27)28-35-24-12-7-9-21(8-5-6-13-25(39)37-14-16-41-17-15-37)26(24)29(40)38(28)23-10-3-2-4-11-23/h2-4,7,9-12,19-20H,6,13-17H2,1H3,(H3,32,33,34,36). The van der Waals surface area contributed by atoms with Gasteiger partial charge in [0.25, 0.3) is 5.56 Å². The van der Waals surface area contributed by atoms with Crippen molar-refractivity contribution in [2.75, 3.05) is 37.4 Å². The van der Waals surface area contributed by atoms with Gasteiger partial charge >= 0.3 is 0 Å². The predicted molar refractivity (Wildman–Crippen MR) is 154 cm³/mol. The Morgan fingerprint density at radius 3 is 2.66 bits per heavy atom. The maximum Gasteiger partial charge on any atom is 0.267 e. The minimum atomic E-state index is -0.547. The van der Waals surface area contributed by atoms with Gasteiger partial charge in [-0.15, -0.1) is 0 Å². The third kappa shape index (κ3) is 6.01. The summed E-state index contributed by atoms with van der Waals surface area (Å²) in [5, 5.41) is 13.1. The smallest absolute Gasteiger partial charge is 0.267 e. The lowest BCUT2D eigenvalue weighted by atomic mass is 10.1. The molecule has 3 heterocycles. The number of rotatable bonds is 6. The number of benzene rings is 2. The Balaban J connectivity index is 1.52. The van der Waals surface area contributed by atoms with Crippen LogP contribution in [0.25, 0.3) is 16.6 Å². The molecule has 1 amide bonds. The van der Waals surface area contributed by atoms with E-state index in [4.69, 9.17) is 15.5 Å². The number of morpholine rings is 1. The molecule has 11 heteroatoms. The first-order valence-electron chi connectivity index (χ1n) is 13.2. The molecule has 0 saturated carbocycles. The molecule has 1 unspecified atom stereocenters. The topological polar surface area (TPSA) is 152 Å². The minimum Gasteiger partial charge on any atom is -0.378 e. The molecule has 1 aliphatic heterocycles. The SMILES string of the molecule is CC(Nc1nc(N)ncc1C#N)c1nc2cccc(C#CCCC(=O)N3CCOCC3)c2c(=O)n1-c1ccccc1. The van der Waals surface area contributed by atoms with Crippen LogP contribution < -0.4 is 16.6 Å². The molecule has 206 valence electrons. The van der Waals surface area contributed by atoms with E-state index in [-0.39, 0.29) is 28.8 Å². The van der Waals surface area contributed by atoms with E-state index in [1.54, 1.807) is 23.1 Å². The van der Waals surface area contributed by atoms with Crippen LogP contribution in [0.15, 0.2) is 59.5 Å². The Hall–Kier alpha value is -5.26. The number of nitrogen functional groups attached to an aromatic ring is 1. The van der Waals surface area contributed by atoms with Gasteiger partial charge in [-0.3, -0.25) is 14.2 Å². The van der Waals surface area contributed by atoms with Crippen molar-refractivity contribution in [2.24, 2.45) is 0 Å². The number of para-hydroxylation sites is 1. The number of nitriles is 1. The maximum atomic E-state index is 14.1. The summed E-state index contributed by atoms with van der Waals surface area (Å²) in [6.45, 7) is 4.12. The molecule has 0 bridgehead atoms. The molecule has 5 rings (SSSR count). The first-order chi connectivity index (χ1) is 20.0. The van der Waals surface area contributed by atoms with Crippen molar-refractivity contribution in [3.8, 4) is 23.6 Å².